The topological polar surface area (TPSA) is 45.2 Å². The minimum Gasteiger partial charge on any atom is -0.232 e. The molecule has 5 aromatic heterocycles. The first-order chi connectivity index (χ1) is 60.8. The summed E-state index contributed by atoms with van der Waals surface area (Å²) in [6.45, 7) is 65.6. The second-order valence-corrected chi connectivity index (χ2v) is 38.2. The lowest BCUT2D eigenvalue weighted by Crippen LogP contribution is -2.32. The molecule has 0 aliphatic rings. The van der Waals surface area contributed by atoms with Gasteiger partial charge in [-0.3, -0.25) is 0 Å². The fourth-order valence-corrected chi connectivity index (χ4v) is 15.0. The van der Waals surface area contributed by atoms with Crippen molar-refractivity contribution >= 4 is 54.1 Å². The first-order valence-electron chi connectivity index (χ1n) is 46.2. The number of para-hydroxylation sites is 2. The van der Waals surface area contributed by atoms with Gasteiger partial charge in [-0.1, -0.05) is 254 Å². The van der Waals surface area contributed by atoms with E-state index in [-0.39, 0.29) is 11.6 Å². The third-order valence-corrected chi connectivity index (χ3v) is 21.6. The van der Waals surface area contributed by atoms with Gasteiger partial charge in [0.25, 0.3) is 12.7 Å². The van der Waals surface area contributed by atoms with Crippen LogP contribution in [0.3, 0.4) is 0 Å². The molecular formula is C120H154F2N7+5. The summed E-state index contributed by atoms with van der Waals surface area (Å²) in [5.74, 6) is 3.94. The Morgan fingerprint density at radius 1 is 0.217 bits per heavy atom. The van der Waals surface area contributed by atoms with Crippen molar-refractivity contribution in [3.63, 3.8) is 0 Å². The Morgan fingerprint density at radius 3 is 0.698 bits per heavy atom. The standard InChI is InChI=1S/3C19H20N.2C18H18FN2.C7H8.5C4H10/c3*1-13-11-14(2)15(3)18(12-13)19-17-8-6-5-7-16(17)9-10-20(19)4;2*1-11-9-15(12(2)13(3)17(11)19)18-14-7-5-6-8-16(14)20-10-21(18)4;1-7-5-3-2-4-6-7;5*1-4(2)3/h3*5-12H,1-4H3;2*5-10H,1-4H3;2-6H,1H3;5*4H,1-3H3/q5*+1;;;;;;. The Hall–Kier alpha value is -11.8. The maximum absolute atomic E-state index is 14.1. The fourth-order valence-electron chi connectivity index (χ4n) is 15.0. The highest BCUT2D eigenvalue weighted by molar-refractivity contribution is 5.97. The van der Waals surface area contributed by atoms with Crippen LogP contribution in [0.15, 0.2) is 250 Å². The Labute approximate surface area is 776 Å². The Kier molecular flexibility index (Phi) is 41.3. The van der Waals surface area contributed by atoms with E-state index in [2.05, 4.69) is 388 Å². The van der Waals surface area contributed by atoms with Crippen molar-refractivity contribution in [3.8, 4) is 56.3 Å². The molecule has 0 spiro atoms. The summed E-state index contributed by atoms with van der Waals surface area (Å²) >= 11 is 0. The summed E-state index contributed by atoms with van der Waals surface area (Å²) < 4.78 is 38.8. The molecule has 0 aliphatic carbocycles. The van der Waals surface area contributed by atoms with Gasteiger partial charge >= 0.3 is 0 Å². The molecule has 16 rings (SSSR count). The van der Waals surface area contributed by atoms with Gasteiger partial charge in [0.1, 0.15) is 44.2 Å². The van der Waals surface area contributed by atoms with Crippen molar-refractivity contribution in [3.05, 3.63) is 350 Å². The maximum Gasteiger partial charge on any atom is 0.287 e. The van der Waals surface area contributed by atoms with Crippen LogP contribution in [-0.4, -0.2) is 9.97 Å². The van der Waals surface area contributed by atoms with Crippen LogP contribution in [0, 0.1) is 152 Å². The largest absolute Gasteiger partial charge is 0.287 e. The van der Waals surface area contributed by atoms with Gasteiger partial charge < -0.3 is 0 Å². The quantitative estimate of drug-likeness (QED) is 0.161. The molecule has 16 aromatic rings. The van der Waals surface area contributed by atoms with Crippen LogP contribution < -0.4 is 22.8 Å². The van der Waals surface area contributed by atoms with Crippen molar-refractivity contribution in [2.45, 2.75) is 215 Å². The molecule has 7 nitrogen and oxygen atoms in total. The predicted octanol–water partition coefficient (Wildman–Crippen LogP) is 30.7. The molecule has 9 heteroatoms. The van der Waals surface area contributed by atoms with Crippen LogP contribution >= 0.6 is 0 Å². The number of aryl methyl sites for hydroxylation is 14. The second-order valence-electron chi connectivity index (χ2n) is 38.2. The predicted molar refractivity (Wildman–Crippen MR) is 553 cm³/mol. The SMILES string of the molecule is CC(C)C.CC(C)C.CC(C)C.CC(C)C.CC(C)C.Cc1cc(-c2c3ccccc3nc[n+]2C)c(C)c(C)c1F.Cc1cc(-c2c3ccccc3nc[n+]2C)c(C)c(C)c1F.Cc1cc(C)c(C)c(-c2c3ccccc3cc[n+]2C)c1.Cc1cc(C)c(C)c(-c2c3ccccc3cc[n+]2C)c1.Cc1cc(C)c(C)c(-c2c3ccccc3cc[n+]2C)c1.Cc1ccccc1. The lowest BCUT2D eigenvalue weighted by molar-refractivity contribution is -0.662. The minimum absolute atomic E-state index is 0.114. The third-order valence-electron chi connectivity index (χ3n) is 21.6. The Balaban J connectivity index is 0.000000231. The summed E-state index contributed by atoms with van der Waals surface area (Å²) in [6.07, 6.45) is 10.1. The number of hydrogen-bond acceptors (Lipinski definition) is 2. The van der Waals surface area contributed by atoms with E-state index in [1.54, 1.807) is 0 Å². The van der Waals surface area contributed by atoms with Gasteiger partial charge in [-0.2, -0.15) is 0 Å². The Bertz CT molecular complexity index is 5860. The van der Waals surface area contributed by atoms with Crippen molar-refractivity contribution in [2.75, 3.05) is 0 Å². The smallest absolute Gasteiger partial charge is 0.232 e. The monoisotopic (exact) mass is 1730 g/mol. The van der Waals surface area contributed by atoms with Crippen LogP contribution in [0.5, 0.6) is 0 Å². The average Bonchev–Trinajstić information content (AvgIpc) is 0.786. The highest BCUT2D eigenvalue weighted by Crippen LogP contribution is 2.37. The number of rotatable bonds is 5. The maximum atomic E-state index is 14.1. The molecule has 0 amide bonds. The molecule has 0 aliphatic heterocycles. The van der Waals surface area contributed by atoms with Crippen molar-refractivity contribution in [2.24, 2.45) is 64.8 Å². The van der Waals surface area contributed by atoms with Crippen LogP contribution in [0.25, 0.3) is 110 Å². The minimum atomic E-state index is -0.114. The second kappa shape index (κ2) is 50.2. The van der Waals surface area contributed by atoms with E-state index in [4.69, 9.17) is 0 Å². The zero-order chi connectivity index (χ0) is 96.1. The third kappa shape index (κ3) is 30.1. The zero-order valence-corrected chi connectivity index (χ0v) is 85.4. The van der Waals surface area contributed by atoms with E-state index in [1.807, 2.05) is 144 Å². The number of pyridine rings is 3. The zero-order valence-electron chi connectivity index (χ0n) is 85.4. The molecule has 11 aromatic carbocycles. The van der Waals surface area contributed by atoms with Crippen molar-refractivity contribution in [1.82, 2.24) is 9.97 Å². The molecule has 129 heavy (non-hydrogen) atoms. The van der Waals surface area contributed by atoms with E-state index < -0.39 is 0 Å². The highest BCUT2D eigenvalue weighted by atomic mass is 19.1. The number of halogens is 2. The molecule has 0 fully saturated rings. The van der Waals surface area contributed by atoms with E-state index in [1.165, 1.54) is 122 Å². The number of hydrogen-bond donors (Lipinski definition) is 0. The summed E-state index contributed by atoms with van der Waals surface area (Å²) in [6, 6.07) is 76.2. The molecule has 0 atom stereocenters. The van der Waals surface area contributed by atoms with Crippen LogP contribution in [0.1, 0.15) is 193 Å². The van der Waals surface area contributed by atoms with E-state index in [0.717, 1.165) is 85.0 Å². The van der Waals surface area contributed by atoms with Crippen LogP contribution in [0.4, 0.5) is 8.78 Å². The molecule has 5 heterocycles. The molecule has 0 bridgehead atoms. The average molecular weight is 1730 g/mol. The number of fused-ring (bicyclic) bond motifs is 5. The Morgan fingerprint density at radius 2 is 0.442 bits per heavy atom. The molecule has 0 saturated carbocycles. The summed E-state index contributed by atoms with van der Waals surface area (Å²) in [4.78, 5) is 8.90. The van der Waals surface area contributed by atoms with Crippen LogP contribution in [0.2, 0.25) is 0 Å². The first kappa shape index (κ1) is 106. The van der Waals surface area contributed by atoms with Crippen LogP contribution in [-0.2, 0) is 35.2 Å². The van der Waals surface area contributed by atoms with Gasteiger partial charge in [0.05, 0.1) is 57.7 Å². The lowest BCUT2D eigenvalue weighted by Gasteiger charge is -2.13. The molecule has 0 N–H and O–H groups in total. The molecule has 0 saturated heterocycles. The number of nitrogens with zero attached hydrogens (tertiary/aromatic N) is 7. The van der Waals surface area contributed by atoms with Crippen molar-refractivity contribution in [1.29, 1.82) is 0 Å². The van der Waals surface area contributed by atoms with Crippen molar-refractivity contribution < 1.29 is 31.6 Å². The van der Waals surface area contributed by atoms with Gasteiger partial charge in [0, 0.05) is 29.3 Å². The van der Waals surface area contributed by atoms with Gasteiger partial charge in [-0.15, -0.1) is 0 Å². The summed E-state index contributed by atoms with van der Waals surface area (Å²) in [5.41, 5.74) is 32.2. The van der Waals surface area contributed by atoms with Gasteiger partial charge in [-0.25, -0.2) is 31.6 Å². The van der Waals surface area contributed by atoms with E-state index in [9.17, 15) is 8.78 Å². The van der Waals surface area contributed by atoms with E-state index in [0.29, 0.717) is 22.3 Å². The van der Waals surface area contributed by atoms with Gasteiger partial charge in [0.2, 0.25) is 17.1 Å². The van der Waals surface area contributed by atoms with Gasteiger partial charge in [0.15, 0.2) is 29.6 Å². The summed E-state index contributed by atoms with van der Waals surface area (Å²) in [7, 11) is 10.3. The normalized spacial score (nSPS) is 10.6. The molecular weight excluding hydrogens is 1580 g/mol. The number of aromatic nitrogens is 7. The fraction of sp³-hybridized carbons (Fsp3) is 0.342. The van der Waals surface area contributed by atoms with Gasteiger partial charge in [-0.05, 0) is 306 Å². The van der Waals surface area contributed by atoms with E-state index >= 15 is 0 Å². The first-order valence-corrected chi connectivity index (χ1v) is 46.2. The summed E-state index contributed by atoms with van der Waals surface area (Å²) in [5, 5.41) is 9.96. The lowest BCUT2D eigenvalue weighted by atomic mass is 9.95. The number of benzene rings is 11. The molecule has 0 radical (unpaired) electrons. The highest BCUT2D eigenvalue weighted by Gasteiger charge is 2.25. The molecule has 678 valence electrons. The molecule has 0 unspecified atom stereocenters.